The van der Waals surface area contributed by atoms with Gasteiger partial charge in [-0.05, 0) is 23.6 Å². The summed E-state index contributed by atoms with van der Waals surface area (Å²) in [6.45, 7) is 1.25. The summed E-state index contributed by atoms with van der Waals surface area (Å²) < 4.78 is 10.7. The predicted octanol–water partition coefficient (Wildman–Crippen LogP) is 3.32. The van der Waals surface area contributed by atoms with Gasteiger partial charge in [0.1, 0.15) is 5.75 Å². The van der Waals surface area contributed by atoms with Crippen LogP contribution in [0.4, 0.5) is 0 Å². The van der Waals surface area contributed by atoms with Crippen LogP contribution in [-0.2, 0) is 11.3 Å². The number of thiophene rings is 1. The highest BCUT2D eigenvalue weighted by Gasteiger charge is 2.34. The number of aromatic nitrogens is 2. The Morgan fingerprint density at radius 3 is 3.08 bits per heavy atom. The molecule has 7 heteroatoms. The lowest BCUT2D eigenvalue weighted by molar-refractivity contribution is -0.128. The van der Waals surface area contributed by atoms with Crippen LogP contribution < -0.4 is 4.74 Å². The van der Waals surface area contributed by atoms with E-state index in [2.05, 4.69) is 10.1 Å². The molecule has 0 saturated carbocycles. The highest BCUT2D eigenvalue weighted by Crippen LogP contribution is 2.30. The van der Waals surface area contributed by atoms with E-state index < -0.39 is 0 Å². The van der Waals surface area contributed by atoms with Gasteiger partial charge in [0.2, 0.25) is 17.6 Å². The van der Waals surface area contributed by atoms with E-state index in [-0.39, 0.29) is 11.8 Å². The number of rotatable bonds is 5. The Hall–Kier alpha value is -2.67. The molecule has 1 atom stereocenters. The number of ether oxygens (including phenoxy) is 1. The van der Waals surface area contributed by atoms with Crippen molar-refractivity contribution in [3.05, 3.63) is 52.5 Å². The maximum absolute atomic E-state index is 12.3. The third kappa shape index (κ3) is 3.28. The molecule has 0 bridgehead atoms. The van der Waals surface area contributed by atoms with Gasteiger partial charge in [0, 0.05) is 23.4 Å². The zero-order valence-electron chi connectivity index (χ0n) is 13.7. The topological polar surface area (TPSA) is 68.5 Å². The van der Waals surface area contributed by atoms with Crippen molar-refractivity contribution in [1.82, 2.24) is 15.0 Å². The Labute approximate surface area is 149 Å². The summed E-state index contributed by atoms with van der Waals surface area (Å²) in [5.41, 5.74) is 0.828. The molecule has 1 unspecified atom stereocenters. The molecule has 1 aliphatic rings. The lowest BCUT2D eigenvalue weighted by atomic mass is 10.1. The van der Waals surface area contributed by atoms with E-state index in [0.717, 1.165) is 11.3 Å². The Kier molecular flexibility index (Phi) is 4.23. The highest BCUT2D eigenvalue weighted by atomic mass is 32.1. The molecule has 0 aliphatic carbocycles. The van der Waals surface area contributed by atoms with Gasteiger partial charge in [-0.1, -0.05) is 23.4 Å². The normalized spacial score (nSPS) is 17.2. The van der Waals surface area contributed by atoms with Crippen molar-refractivity contribution in [2.24, 2.45) is 0 Å². The van der Waals surface area contributed by atoms with Crippen LogP contribution in [0, 0.1) is 0 Å². The van der Waals surface area contributed by atoms with Gasteiger partial charge in [-0.3, -0.25) is 4.79 Å². The number of hydrogen-bond acceptors (Lipinski definition) is 6. The van der Waals surface area contributed by atoms with Gasteiger partial charge >= 0.3 is 0 Å². The quantitative estimate of drug-likeness (QED) is 0.702. The Morgan fingerprint density at radius 2 is 2.28 bits per heavy atom. The van der Waals surface area contributed by atoms with Crippen molar-refractivity contribution in [2.75, 3.05) is 13.7 Å². The van der Waals surface area contributed by atoms with E-state index in [1.165, 1.54) is 4.88 Å². The zero-order chi connectivity index (χ0) is 17.2. The molecule has 3 aromatic rings. The van der Waals surface area contributed by atoms with Crippen LogP contribution in [0.3, 0.4) is 0 Å². The summed E-state index contributed by atoms with van der Waals surface area (Å²) in [6, 6.07) is 11.5. The van der Waals surface area contributed by atoms with Crippen LogP contribution in [0.15, 0.2) is 46.3 Å². The van der Waals surface area contributed by atoms with Gasteiger partial charge in [-0.15, -0.1) is 11.3 Å². The molecule has 2 aromatic heterocycles. The average molecular weight is 355 g/mol. The fourth-order valence-electron chi connectivity index (χ4n) is 2.96. The number of likely N-dealkylation sites (tertiary alicyclic amines) is 1. The van der Waals surface area contributed by atoms with Crippen molar-refractivity contribution in [2.45, 2.75) is 18.9 Å². The molecule has 1 saturated heterocycles. The van der Waals surface area contributed by atoms with Crippen LogP contribution >= 0.6 is 11.3 Å². The smallest absolute Gasteiger partial charge is 0.232 e. The van der Waals surface area contributed by atoms with Crippen LogP contribution in [0.2, 0.25) is 0 Å². The van der Waals surface area contributed by atoms with Crippen molar-refractivity contribution in [3.8, 4) is 17.1 Å². The monoisotopic (exact) mass is 355 g/mol. The van der Waals surface area contributed by atoms with Crippen LogP contribution in [-0.4, -0.2) is 34.6 Å². The first kappa shape index (κ1) is 15.8. The van der Waals surface area contributed by atoms with Crippen molar-refractivity contribution < 1.29 is 14.1 Å². The zero-order valence-corrected chi connectivity index (χ0v) is 14.5. The predicted molar refractivity (Wildman–Crippen MR) is 93.4 cm³/mol. The molecule has 1 fully saturated rings. The van der Waals surface area contributed by atoms with Crippen molar-refractivity contribution in [1.29, 1.82) is 0 Å². The minimum atomic E-state index is -0.0562. The third-order valence-electron chi connectivity index (χ3n) is 4.26. The minimum absolute atomic E-state index is 0.0562. The van der Waals surface area contributed by atoms with Gasteiger partial charge in [0.05, 0.1) is 19.6 Å². The number of carbonyl (C=O) groups excluding carboxylic acids is 1. The maximum atomic E-state index is 12.3. The Balaban J connectivity index is 1.49. The highest BCUT2D eigenvalue weighted by molar-refractivity contribution is 7.09. The summed E-state index contributed by atoms with van der Waals surface area (Å²) in [5, 5.41) is 6.08. The Bertz CT molecular complexity index is 875. The Morgan fingerprint density at radius 1 is 1.36 bits per heavy atom. The number of carbonyl (C=O) groups is 1. The molecule has 6 nitrogen and oxygen atoms in total. The summed E-state index contributed by atoms with van der Waals surface area (Å²) in [5.74, 6) is 1.83. The lowest BCUT2D eigenvalue weighted by Gasteiger charge is -2.14. The molecule has 0 radical (unpaired) electrons. The molecule has 3 heterocycles. The first-order valence-corrected chi connectivity index (χ1v) is 8.89. The lowest BCUT2D eigenvalue weighted by Crippen LogP contribution is -2.23. The van der Waals surface area contributed by atoms with E-state index in [1.807, 2.05) is 46.7 Å². The fraction of sp³-hybridized carbons (Fsp3) is 0.278. The number of amides is 1. The SMILES string of the molecule is COc1cccc(-c2noc(C3CC(=O)N(Cc4cccs4)C3)n2)c1. The molecule has 1 aromatic carbocycles. The van der Waals surface area contributed by atoms with Gasteiger partial charge in [-0.25, -0.2) is 0 Å². The molecule has 25 heavy (non-hydrogen) atoms. The number of methoxy groups -OCH3 is 1. The van der Waals surface area contributed by atoms with E-state index in [0.29, 0.717) is 31.2 Å². The summed E-state index contributed by atoms with van der Waals surface area (Å²) in [6.07, 6.45) is 0.408. The van der Waals surface area contributed by atoms with Crippen LogP contribution in [0.25, 0.3) is 11.4 Å². The van der Waals surface area contributed by atoms with E-state index >= 15 is 0 Å². The van der Waals surface area contributed by atoms with Gasteiger partial charge in [-0.2, -0.15) is 4.98 Å². The van der Waals surface area contributed by atoms with Crippen molar-refractivity contribution in [3.63, 3.8) is 0 Å². The standard InChI is InChI=1S/C18H17N3O3S/c1-23-14-5-2-4-12(8-14)17-19-18(24-20-17)13-9-16(22)21(10-13)11-15-6-3-7-25-15/h2-8,13H,9-11H2,1H3. The first-order valence-electron chi connectivity index (χ1n) is 8.01. The number of benzene rings is 1. The van der Waals surface area contributed by atoms with E-state index in [4.69, 9.17) is 9.26 Å². The van der Waals surface area contributed by atoms with E-state index in [9.17, 15) is 4.79 Å². The van der Waals surface area contributed by atoms with Gasteiger partial charge in [0.25, 0.3) is 0 Å². The van der Waals surface area contributed by atoms with E-state index in [1.54, 1.807) is 18.4 Å². The average Bonchev–Trinajstić information content (AvgIpc) is 3.37. The first-order chi connectivity index (χ1) is 12.2. The summed E-state index contributed by atoms with van der Waals surface area (Å²) in [4.78, 5) is 19.8. The van der Waals surface area contributed by atoms with Crippen LogP contribution in [0.5, 0.6) is 5.75 Å². The third-order valence-corrected chi connectivity index (χ3v) is 5.12. The maximum Gasteiger partial charge on any atom is 0.232 e. The number of hydrogen-bond donors (Lipinski definition) is 0. The molecule has 1 amide bonds. The molecular formula is C18H17N3O3S. The van der Waals surface area contributed by atoms with Crippen LogP contribution in [0.1, 0.15) is 23.1 Å². The molecule has 128 valence electrons. The second-order valence-corrected chi connectivity index (χ2v) is 6.98. The second kappa shape index (κ2) is 6.68. The second-order valence-electron chi connectivity index (χ2n) is 5.94. The summed E-state index contributed by atoms with van der Waals surface area (Å²) in [7, 11) is 1.62. The summed E-state index contributed by atoms with van der Waals surface area (Å²) >= 11 is 1.66. The van der Waals surface area contributed by atoms with Gasteiger partial charge in [0.15, 0.2) is 0 Å². The molecule has 1 aliphatic heterocycles. The molecule has 0 N–H and O–H groups in total. The molecular weight excluding hydrogens is 338 g/mol. The molecule has 4 rings (SSSR count). The minimum Gasteiger partial charge on any atom is -0.497 e. The number of nitrogens with zero attached hydrogens (tertiary/aromatic N) is 3. The fourth-order valence-corrected chi connectivity index (χ4v) is 3.68. The largest absolute Gasteiger partial charge is 0.497 e. The molecule has 0 spiro atoms. The van der Waals surface area contributed by atoms with Crippen molar-refractivity contribution >= 4 is 17.2 Å². The van der Waals surface area contributed by atoms with Gasteiger partial charge < -0.3 is 14.2 Å².